The van der Waals surface area contributed by atoms with Crippen molar-refractivity contribution >= 4 is 34.6 Å². The molecule has 0 unspecified atom stereocenters. The Balaban J connectivity index is 2.36. The van der Waals surface area contributed by atoms with Crippen molar-refractivity contribution in [3.05, 3.63) is 52.0 Å². The molecule has 19 heavy (non-hydrogen) atoms. The molecule has 0 radical (unpaired) electrons. The van der Waals surface area contributed by atoms with Crippen molar-refractivity contribution in [2.75, 3.05) is 12.4 Å². The Hall–Kier alpha value is -1.89. The number of nitrogens with zero attached hydrogens (tertiary/aromatic N) is 1. The molecule has 2 rings (SSSR count). The predicted octanol–water partition coefficient (Wildman–Crippen LogP) is 4.62. The SMILES string of the molecule is COc1ccc(C#N)c(Nc2ccc(Cl)c(Cl)c2)c1. The lowest BCUT2D eigenvalue weighted by Gasteiger charge is -2.10. The van der Waals surface area contributed by atoms with E-state index in [1.807, 2.05) is 0 Å². The monoisotopic (exact) mass is 292 g/mol. The van der Waals surface area contributed by atoms with Crippen molar-refractivity contribution in [2.24, 2.45) is 0 Å². The van der Waals surface area contributed by atoms with Gasteiger partial charge in [0.05, 0.1) is 28.4 Å². The van der Waals surface area contributed by atoms with Crippen molar-refractivity contribution in [3.63, 3.8) is 0 Å². The van der Waals surface area contributed by atoms with Crippen LogP contribution < -0.4 is 10.1 Å². The Morgan fingerprint density at radius 1 is 1.11 bits per heavy atom. The third-order valence-electron chi connectivity index (χ3n) is 2.55. The maximum absolute atomic E-state index is 9.08. The number of rotatable bonds is 3. The molecule has 1 N–H and O–H groups in total. The second-order valence-corrected chi connectivity index (χ2v) is 4.59. The maximum atomic E-state index is 9.08. The minimum absolute atomic E-state index is 0.452. The highest BCUT2D eigenvalue weighted by molar-refractivity contribution is 6.42. The van der Waals surface area contributed by atoms with Crippen molar-refractivity contribution in [2.45, 2.75) is 0 Å². The number of hydrogen-bond donors (Lipinski definition) is 1. The molecule has 96 valence electrons. The van der Waals surface area contributed by atoms with Gasteiger partial charge >= 0.3 is 0 Å². The molecule has 3 nitrogen and oxygen atoms in total. The third kappa shape index (κ3) is 3.11. The summed E-state index contributed by atoms with van der Waals surface area (Å²) in [6, 6.07) is 12.5. The fourth-order valence-electron chi connectivity index (χ4n) is 1.58. The molecule has 0 spiro atoms. The quantitative estimate of drug-likeness (QED) is 0.898. The second kappa shape index (κ2) is 5.83. The van der Waals surface area contributed by atoms with E-state index in [1.54, 1.807) is 43.5 Å². The summed E-state index contributed by atoms with van der Waals surface area (Å²) >= 11 is 11.8. The van der Waals surface area contributed by atoms with E-state index >= 15 is 0 Å². The molecule has 0 bridgehead atoms. The van der Waals surface area contributed by atoms with Crippen LogP contribution in [0.25, 0.3) is 0 Å². The van der Waals surface area contributed by atoms with Gasteiger partial charge in [-0.25, -0.2) is 0 Å². The van der Waals surface area contributed by atoms with Crippen molar-refractivity contribution in [3.8, 4) is 11.8 Å². The molecule has 0 saturated carbocycles. The summed E-state index contributed by atoms with van der Waals surface area (Å²) in [6.45, 7) is 0. The van der Waals surface area contributed by atoms with Crippen molar-refractivity contribution in [1.82, 2.24) is 0 Å². The highest BCUT2D eigenvalue weighted by atomic mass is 35.5. The summed E-state index contributed by atoms with van der Waals surface area (Å²) in [7, 11) is 1.57. The Morgan fingerprint density at radius 3 is 2.53 bits per heavy atom. The largest absolute Gasteiger partial charge is 0.497 e. The number of nitrogens with one attached hydrogen (secondary N) is 1. The summed E-state index contributed by atoms with van der Waals surface area (Å²) in [6.07, 6.45) is 0. The molecule has 0 aliphatic carbocycles. The lowest BCUT2D eigenvalue weighted by molar-refractivity contribution is 0.415. The number of methoxy groups -OCH3 is 1. The van der Waals surface area contributed by atoms with Crippen LogP contribution in [-0.4, -0.2) is 7.11 Å². The van der Waals surface area contributed by atoms with Gasteiger partial charge in [0.2, 0.25) is 0 Å². The van der Waals surface area contributed by atoms with Gasteiger partial charge in [-0.2, -0.15) is 5.26 Å². The Labute approximate surface area is 121 Å². The van der Waals surface area contributed by atoms with Crippen molar-refractivity contribution in [1.29, 1.82) is 5.26 Å². The molecule has 5 heteroatoms. The standard InChI is InChI=1S/C14H10Cl2N2O/c1-19-11-4-2-9(8-17)14(7-11)18-10-3-5-12(15)13(16)6-10/h2-7,18H,1H3. The molecule has 0 heterocycles. The number of anilines is 2. The molecule has 0 aromatic heterocycles. The molecule has 2 aromatic carbocycles. The summed E-state index contributed by atoms with van der Waals surface area (Å²) in [5.41, 5.74) is 1.92. The zero-order valence-electron chi connectivity index (χ0n) is 10.1. The first-order valence-electron chi connectivity index (χ1n) is 5.44. The van der Waals surface area contributed by atoms with Gasteiger partial charge in [0.25, 0.3) is 0 Å². The van der Waals surface area contributed by atoms with Crippen LogP contribution in [0.3, 0.4) is 0 Å². The van der Waals surface area contributed by atoms with Gasteiger partial charge in [-0.15, -0.1) is 0 Å². The summed E-state index contributed by atoms with van der Waals surface area (Å²) < 4.78 is 5.14. The number of hydrogen-bond acceptors (Lipinski definition) is 3. The molecule has 0 aliphatic heterocycles. The minimum Gasteiger partial charge on any atom is -0.497 e. The number of benzene rings is 2. The summed E-state index contributed by atoms with van der Waals surface area (Å²) in [5, 5.41) is 13.1. The van der Waals surface area contributed by atoms with Gasteiger partial charge in [-0.05, 0) is 30.3 Å². The van der Waals surface area contributed by atoms with Crippen LogP contribution >= 0.6 is 23.2 Å². The van der Waals surface area contributed by atoms with Crippen LogP contribution in [0.5, 0.6) is 5.75 Å². The van der Waals surface area contributed by atoms with E-state index in [0.717, 1.165) is 5.69 Å². The Bertz CT molecular complexity index is 650. The topological polar surface area (TPSA) is 45.0 Å². The van der Waals surface area contributed by atoms with E-state index in [1.165, 1.54) is 0 Å². The first-order chi connectivity index (χ1) is 9.13. The van der Waals surface area contributed by atoms with E-state index in [4.69, 9.17) is 33.2 Å². The molecule has 0 atom stereocenters. The zero-order valence-corrected chi connectivity index (χ0v) is 11.6. The minimum atomic E-state index is 0.452. The average molecular weight is 293 g/mol. The van der Waals surface area contributed by atoms with E-state index in [2.05, 4.69) is 11.4 Å². The van der Waals surface area contributed by atoms with Crippen LogP contribution in [-0.2, 0) is 0 Å². The molecular formula is C14H10Cl2N2O. The van der Waals surface area contributed by atoms with Crippen molar-refractivity contribution < 1.29 is 4.74 Å². The molecule has 0 saturated heterocycles. The predicted molar refractivity (Wildman–Crippen MR) is 77.5 cm³/mol. The second-order valence-electron chi connectivity index (χ2n) is 3.78. The molecule has 0 amide bonds. The number of nitriles is 1. The van der Waals surface area contributed by atoms with Gasteiger partial charge in [0.15, 0.2) is 0 Å². The third-order valence-corrected chi connectivity index (χ3v) is 3.28. The van der Waals surface area contributed by atoms with Crippen LogP contribution in [0, 0.1) is 11.3 Å². The highest BCUT2D eigenvalue weighted by Gasteiger charge is 2.06. The van der Waals surface area contributed by atoms with E-state index in [-0.39, 0.29) is 0 Å². The van der Waals surface area contributed by atoms with Crippen LogP contribution in [0.2, 0.25) is 10.0 Å². The van der Waals surface area contributed by atoms with E-state index in [0.29, 0.717) is 27.0 Å². The smallest absolute Gasteiger partial charge is 0.121 e. The molecule has 0 fully saturated rings. The van der Waals surface area contributed by atoms with Gasteiger partial charge in [-0.3, -0.25) is 0 Å². The number of halogens is 2. The maximum Gasteiger partial charge on any atom is 0.121 e. The molecular weight excluding hydrogens is 283 g/mol. The highest BCUT2D eigenvalue weighted by Crippen LogP contribution is 2.29. The first-order valence-corrected chi connectivity index (χ1v) is 6.20. The average Bonchev–Trinajstić information content (AvgIpc) is 2.43. The van der Waals surface area contributed by atoms with E-state index in [9.17, 15) is 0 Å². The number of ether oxygens (including phenoxy) is 1. The molecule has 0 aliphatic rings. The first kappa shape index (κ1) is 13.5. The zero-order chi connectivity index (χ0) is 13.8. The Morgan fingerprint density at radius 2 is 1.89 bits per heavy atom. The van der Waals surface area contributed by atoms with Gasteiger partial charge < -0.3 is 10.1 Å². The van der Waals surface area contributed by atoms with Gasteiger partial charge in [0.1, 0.15) is 11.8 Å². The summed E-state index contributed by atoms with van der Waals surface area (Å²) in [4.78, 5) is 0. The Kier molecular flexibility index (Phi) is 4.16. The normalized spacial score (nSPS) is 9.79. The van der Waals surface area contributed by atoms with Gasteiger partial charge in [0, 0.05) is 11.8 Å². The summed E-state index contributed by atoms with van der Waals surface area (Å²) in [5.74, 6) is 0.668. The lowest BCUT2D eigenvalue weighted by atomic mass is 10.1. The van der Waals surface area contributed by atoms with Crippen LogP contribution in [0.15, 0.2) is 36.4 Å². The van der Waals surface area contributed by atoms with Crippen LogP contribution in [0.1, 0.15) is 5.56 Å². The molecule has 2 aromatic rings. The van der Waals surface area contributed by atoms with Gasteiger partial charge in [-0.1, -0.05) is 23.2 Å². The lowest BCUT2D eigenvalue weighted by Crippen LogP contribution is -1.95. The van der Waals surface area contributed by atoms with E-state index < -0.39 is 0 Å². The van der Waals surface area contributed by atoms with Crippen LogP contribution in [0.4, 0.5) is 11.4 Å². The fourth-order valence-corrected chi connectivity index (χ4v) is 1.88. The fraction of sp³-hybridized carbons (Fsp3) is 0.0714.